The zero-order valence-electron chi connectivity index (χ0n) is 11.2. The second-order valence-electron chi connectivity index (χ2n) is 4.25. The Bertz CT molecular complexity index is 515. The first kappa shape index (κ1) is 23.6. The number of allylic oxidation sites excluding steroid dienone is 1. The zero-order chi connectivity index (χ0) is 20.9. The molecule has 1 nitrogen and oxygen atoms in total. The third-order valence-electron chi connectivity index (χ3n) is 2.75. The van der Waals surface area contributed by atoms with Crippen molar-refractivity contribution in [3.63, 3.8) is 0 Å². The highest BCUT2D eigenvalue weighted by Crippen LogP contribution is 2.58. The zero-order valence-corrected chi connectivity index (χ0v) is 11.2. The Morgan fingerprint density at radius 2 is 0.960 bits per heavy atom. The van der Waals surface area contributed by atoms with E-state index in [1.165, 1.54) is 0 Å². The first-order chi connectivity index (χ1) is 10.6. The second kappa shape index (κ2) is 6.12. The summed E-state index contributed by atoms with van der Waals surface area (Å²) in [6.07, 6.45) is -29.0. The molecule has 1 N–H and O–H groups in total. The van der Waals surface area contributed by atoms with Crippen molar-refractivity contribution in [3.05, 3.63) is 11.4 Å². The first-order valence-corrected chi connectivity index (χ1v) is 5.33. The number of rotatable bonds is 3. The van der Waals surface area contributed by atoms with Gasteiger partial charge in [-0.15, -0.1) is 0 Å². The molecule has 0 aromatic rings. The molecule has 0 fully saturated rings. The van der Waals surface area contributed by atoms with Crippen molar-refractivity contribution in [1.29, 1.82) is 0 Å². The maximum Gasteiger partial charge on any atom is 0.456 e. The third kappa shape index (κ3) is 3.76. The van der Waals surface area contributed by atoms with Crippen LogP contribution in [-0.4, -0.2) is 43.2 Å². The van der Waals surface area contributed by atoms with Crippen LogP contribution in [0.3, 0.4) is 0 Å². The van der Waals surface area contributed by atoms with Gasteiger partial charge in [0.25, 0.3) is 0 Å². The van der Waals surface area contributed by atoms with Crippen LogP contribution in [0.15, 0.2) is 11.4 Å². The Balaban J connectivity index is 7.47. The lowest BCUT2D eigenvalue weighted by Gasteiger charge is -2.43. The molecule has 0 amide bonds. The van der Waals surface area contributed by atoms with Crippen LogP contribution in [0.25, 0.3) is 0 Å². The van der Waals surface area contributed by atoms with Crippen molar-refractivity contribution >= 4 is 0 Å². The molecule has 0 aromatic carbocycles. The number of halogens is 15. The number of likely N-dealkylation sites (N-methyl/N-ethyl adjacent to an activating group) is 1. The summed E-state index contributed by atoms with van der Waals surface area (Å²) in [5, 5.41) is -0.151. The van der Waals surface area contributed by atoms with E-state index in [4.69, 9.17) is 0 Å². The smallest absolute Gasteiger partial charge is 0.297 e. The van der Waals surface area contributed by atoms with E-state index in [1.807, 2.05) is 0 Å². The van der Waals surface area contributed by atoms with Gasteiger partial charge in [0.15, 0.2) is 0 Å². The molecule has 0 heterocycles. The average molecular weight is 411 g/mol. The van der Waals surface area contributed by atoms with Gasteiger partial charge in [-0.25, -0.2) is 4.39 Å². The summed E-state index contributed by atoms with van der Waals surface area (Å²) in [6.45, 7) is 0. The number of alkyl halides is 14. The van der Waals surface area contributed by atoms with Gasteiger partial charge in [0.05, 0.1) is 0 Å². The lowest BCUT2D eigenvalue weighted by atomic mass is 9.80. The summed E-state index contributed by atoms with van der Waals surface area (Å²) in [7, 11) is -0.567. The van der Waals surface area contributed by atoms with Gasteiger partial charge in [-0.05, 0) is 7.05 Å². The van der Waals surface area contributed by atoms with Crippen LogP contribution in [0.1, 0.15) is 0 Å². The normalized spacial score (nSPS) is 18.7. The molecular weight excluding hydrogens is 407 g/mol. The molecule has 0 aromatic heterocycles. The van der Waals surface area contributed by atoms with Gasteiger partial charge in [0, 0.05) is 0 Å². The quantitative estimate of drug-likeness (QED) is 0.641. The van der Waals surface area contributed by atoms with E-state index in [-0.39, 0.29) is 5.32 Å². The van der Waals surface area contributed by atoms with Crippen LogP contribution in [0.4, 0.5) is 65.9 Å². The van der Waals surface area contributed by atoms with E-state index in [9.17, 15) is 65.9 Å². The van der Waals surface area contributed by atoms with Crippen molar-refractivity contribution < 1.29 is 65.9 Å². The maximum absolute atomic E-state index is 13.3. The predicted molar refractivity (Wildman–Crippen MR) is 49.1 cm³/mol. The molecule has 0 aliphatic rings. The first-order valence-electron chi connectivity index (χ1n) is 5.33. The Kier molecular flexibility index (Phi) is 5.79. The van der Waals surface area contributed by atoms with E-state index < -0.39 is 54.6 Å². The van der Waals surface area contributed by atoms with Crippen molar-refractivity contribution in [3.8, 4) is 0 Å². The SMILES string of the molecule is CNC(/C(=C(\F)C(F)(F)F)C(F)(F)F)(C(F)(F)F)C(F)(F)C(F)(F)F. The molecule has 0 aliphatic heterocycles. The van der Waals surface area contributed by atoms with Crippen LogP contribution < -0.4 is 5.32 Å². The van der Waals surface area contributed by atoms with Gasteiger partial charge < -0.3 is 0 Å². The van der Waals surface area contributed by atoms with Gasteiger partial charge in [-0.1, -0.05) is 0 Å². The second-order valence-corrected chi connectivity index (χ2v) is 4.25. The molecule has 1 unspecified atom stereocenters. The molecule has 0 aliphatic carbocycles. The highest BCUT2D eigenvalue weighted by molar-refractivity contribution is 5.37. The highest BCUT2D eigenvalue weighted by Gasteiger charge is 2.84. The molecule has 1 atom stereocenters. The molecule has 0 saturated carbocycles. The Labute approximate surface area is 127 Å². The fourth-order valence-corrected chi connectivity index (χ4v) is 1.76. The molecule has 0 bridgehead atoms. The van der Waals surface area contributed by atoms with Gasteiger partial charge in [0.2, 0.25) is 11.4 Å². The van der Waals surface area contributed by atoms with Crippen LogP contribution in [-0.2, 0) is 0 Å². The van der Waals surface area contributed by atoms with E-state index in [2.05, 4.69) is 0 Å². The van der Waals surface area contributed by atoms with Crippen molar-refractivity contribution in [2.75, 3.05) is 7.05 Å². The van der Waals surface area contributed by atoms with E-state index >= 15 is 0 Å². The summed E-state index contributed by atoms with van der Waals surface area (Å²) >= 11 is 0. The van der Waals surface area contributed by atoms with E-state index in [0.29, 0.717) is 0 Å². The van der Waals surface area contributed by atoms with Crippen molar-refractivity contribution in [2.24, 2.45) is 0 Å². The standard InChI is InChI=1S/C9H4F15N/c1-25-4(8(19,20)21,7(17,18)9(22,23)24)2(5(11,12)13)3(10)6(14,15)16/h25H,1H3/b3-2+. The van der Waals surface area contributed by atoms with Crippen molar-refractivity contribution in [2.45, 2.75) is 36.2 Å². The van der Waals surface area contributed by atoms with Crippen LogP contribution in [0.5, 0.6) is 0 Å². The van der Waals surface area contributed by atoms with Crippen LogP contribution in [0.2, 0.25) is 0 Å². The largest absolute Gasteiger partial charge is 0.456 e. The van der Waals surface area contributed by atoms with E-state index in [0.717, 1.165) is 0 Å². The molecule has 16 heteroatoms. The number of hydrogen-bond acceptors (Lipinski definition) is 1. The topological polar surface area (TPSA) is 12.0 Å². The summed E-state index contributed by atoms with van der Waals surface area (Å²) in [4.78, 5) is 0. The summed E-state index contributed by atoms with van der Waals surface area (Å²) in [5.74, 6) is -12.4. The monoisotopic (exact) mass is 411 g/mol. The molecule has 0 saturated heterocycles. The van der Waals surface area contributed by atoms with Crippen LogP contribution >= 0.6 is 0 Å². The van der Waals surface area contributed by atoms with Gasteiger partial charge >= 0.3 is 30.6 Å². The third-order valence-corrected chi connectivity index (χ3v) is 2.75. The Hall–Kier alpha value is -1.35. The Morgan fingerprint density at radius 1 is 0.600 bits per heavy atom. The number of nitrogens with one attached hydrogen (secondary N) is 1. The minimum absolute atomic E-state index is 0.151. The predicted octanol–water partition coefficient (Wildman–Crippen LogP) is 5.05. The van der Waals surface area contributed by atoms with Gasteiger partial charge in [-0.3, -0.25) is 5.32 Å². The Morgan fingerprint density at radius 3 is 1.12 bits per heavy atom. The summed E-state index contributed by atoms with van der Waals surface area (Å²) in [6, 6.07) is 0. The average Bonchev–Trinajstić information content (AvgIpc) is 2.28. The molecule has 0 spiro atoms. The minimum atomic E-state index is -7.54. The van der Waals surface area contributed by atoms with E-state index in [1.54, 1.807) is 0 Å². The summed E-state index contributed by atoms with van der Waals surface area (Å²) in [5.41, 5.74) is -11.6. The molecule has 150 valence electrons. The minimum Gasteiger partial charge on any atom is -0.297 e. The van der Waals surface area contributed by atoms with Crippen molar-refractivity contribution in [1.82, 2.24) is 5.32 Å². The molecule has 0 rings (SSSR count). The highest BCUT2D eigenvalue weighted by atomic mass is 19.4. The fraction of sp³-hybridized carbons (Fsp3) is 0.778. The fourth-order valence-electron chi connectivity index (χ4n) is 1.76. The molecule has 25 heavy (non-hydrogen) atoms. The maximum atomic E-state index is 13.3. The van der Waals surface area contributed by atoms with Gasteiger partial charge in [0.1, 0.15) is 5.57 Å². The summed E-state index contributed by atoms with van der Waals surface area (Å²) < 4.78 is 189. The lowest BCUT2D eigenvalue weighted by molar-refractivity contribution is -0.357. The molecule has 0 radical (unpaired) electrons. The molecular formula is C9H4F15N. The van der Waals surface area contributed by atoms with Gasteiger partial charge in [-0.2, -0.15) is 61.5 Å². The number of hydrogen-bond donors (Lipinski definition) is 1. The van der Waals surface area contributed by atoms with Crippen LogP contribution in [0, 0.1) is 0 Å². The lowest BCUT2D eigenvalue weighted by Crippen LogP contribution is -2.74.